The van der Waals surface area contributed by atoms with E-state index in [0.29, 0.717) is 5.69 Å². The molecule has 0 aliphatic heterocycles. The lowest BCUT2D eigenvalue weighted by atomic mass is 10.0. The van der Waals surface area contributed by atoms with E-state index in [2.05, 4.69) is 4.72 Å². The molecule has 0 saturated heterocycles. The van der Waals surface area contributed by atoms with Gasteiger partial charge in [0.1, 0.15) is 0 Å². The number of hydrogen-bond donors (Lipinski definition) is 2. The third-order valence-electron chi connectivity index (χ3n) is 3.31. The highest BCUT2D eigenvalue weighted by Gasteiger charge is 2.20. The summed E-state index contributed by atoms with van der Waals surface area (Å²) in [4.78, 5) is 10.9. The predicted molar refractivity (Wildman–Crippen MR) is 89.8 cm³/mol. The topological polar surface area (TPSA) is 83.5 Å². The Bertz CT molecular complexity index is 847. The maximum Gasteiger partial charge on any atom is 0.337 e. The van der Waals surface area contributed by atoms with Crippen molar-refractivity contribution < 1.29 is 18.3 Å². The van der Waals surface area contributed by atoms with Gasteiger partial charge in [-0.15, -0.1) is 0 Å². The summed E-state index contributed by atoms with van der Waals surface area (Å²) < 4.78 is 27.5. The van der Waals surface area contributed by atoms with E-state index in [9.17, 15) is 13.2 Å². The summed E-state index contributed by atoms with van der Waals surface area (Å²) >= 11 is 5.77. The van der Waals surface area contributed by atoms with Crippen molar-refractivity contribution in [3.05, 3.63) is 58.6 Å². The molecule has 7 heteroatoms. The number of benzene rings is 2. The molecule has 0 saturated carbocycles. The van der Waals surface area contributed by atoms with Crippen LogP contribution in [0.2, 0.25) is 5.02 Å². The van der Waals surface area contributed by atoms with E-state index in [1.807, 2.05) is 26.0 Å². The van der Waals surface area contributed by atoms with E-state index in [-0.39, 0.29) is 21.4 Å². The molecule has 122 valence electrons. The van der Waals surface area contributed by atoms with Crippen molar-refractivity contribution in [2.45, 2.75) is 24.7 Å². The molecule has 0 aliphatic rings. The van der Waals surface area contributed by atoms with Gasteiger partial charge in [-0.25, -0.2) is 13.2 Å². The minimum Gasteiger partial charge on any atom is -0.478 e. The zero-order valence-electron chi connectivity index (χ0n) is 12.6. The molecule has 0 aliphatic carbocycles. The molecule has 0 atom stereocenters. The number of anilines is 1. The summed E-state index contributed by atoms with van der Waals surface area (Å²) in [5, 5.41) is 9.05. The van der Waals surface area contributed by atoms with Crippen molar-refractivity contribution >= 4 is 33.3 Å². The Morgan fingerprint density at radius 1 is 1.17 bits per heavy atom. The minimum atomic E-state index is -3.91. The van der Waals surface area contributed by atoms with Gasteiger partial charge in [0, 0.05) is 0 Å². The number of hydrogen-bond acceptors (Lipinski definition) is 3. The highest BCUT2D eigenvalue weighted by Crippen LogP contribution is 2.27. The lowest BCUT2D eigenvalue weighted by Crippen LogP contribution is -2.15. The average molecular weight is 354 g/mol. The van der Waals surface area contributed by atoms with Crippen LogP contribution in [0.1, 0.15) is 35.7 Å². The zero-order chi connectivity index (χ0) is 17.2. The summed E-state index contributed by atoms with van der Waals surface area (Å²) in [6.07, 6.45) is 0. The lowest BCUT2D eigenvalue weighted by molar-refractivity contribution is 0.0697. The van der Waals surface area contributed by atoms with Crippen LogP contribution in [0.3, 0.4) is 0 Å². The number of carboxylic acid groups (broad SMARTS) is 1. The summed E-state index contributed by atoms with van der Waals surface area (Å²) in [7, 11) is -3.91. The van der Waals surface area contributed by atoms with Gasteiger partial charge in [-0.1, -0.05) is 43.6 Å². The Hall–Kier alpha value is -2.05. The largest absolute Gasteiger partial charge is 0.478 e. The van der Waals surface area contributed by atoms with Gasteiger partial charge in [0.05, 0.1) is 21.2 Å². The number of sulfonamides is 1. The first-order valence-electron chi connectivity index (χ1n) is 6.87. The molecule has 0 amide bonds. The number of carboxylic acids is 1. The number of carbonyl (C=O) groups is 1. The second-order valence-electron chi connectivity index (χ2n) is 5.29. The Kier molecular flexibility index (Phi) is 4.97. The second-order valence-corrected chi connectivity index (χ2v) is 7.38. The second kappa shape index (κ2) is 6.60. The zero-order valence-corrected chi connectivity index (χ0v) is 14.1. The highest BCUT2D eigenvalue weighted by molar-refractivity contribution is 7.92. The number of nitrogens with one attached hydrogen (secondary N) is 1. The van der Waals surface area contributed by atoms with E-state index in [0.717, 1.165) is 11.6 Å². The Labute approximate surface area is 140 Å². The molecule has 0 bridgehead atoms. The van der Waals surface area contributed by atoms with Gasteiger partial charge in [0.15, 0.2) is 0 Å². The van der Waals surface area contributed by atoms with Crippen LogP contribution in [0.4, 0.5) is 5.69 Å². The minimum absolute atomic E-state index is 0.0148. The number of rotatable bonds is 5. The molecule has 5 nitrogen and oxygen atoms in total. The Balaban J connectivity index is 2.45. The van der Waals surface area contributed by atoms with Crippen LogP contribution in [0.5, 0.6) is 0 Å². The molecule has 2 rings (SSSR count). The quantitative estimate of drug-likeness (QED) is 0.852. The highest BCUT2D eigenvalue weighted by atomic mass is 35.5. The van der Waals surface area contributed by atoms with Crippen molar-refractivity contribution in [2.75, 3.05) is 4.72 Å². The molecular weight excluding hydrogens is 338 g/mol. The molecule has 0 spiro atoms. The van der Waals surface area contributed by atoms with Crippen LogP contribution in [0.15, 0.2) is 47.4 Å². The maximum atomic E-state index is 12.5. The van der Waals surface area contributed by atoms with Crippen LogP contribution in [0, 0.1) is 0 Å². The fraction of sp³-hybridized carbons (Fsp3) is 0.188. The molecule has 0 aromatic heterocycles. The van der Waals surface area contributed by atoms with E-state index in [1.165, 1.54) is 12.1 Å². The van der Waals surface area contributed by atoms with Gasteiger partial charge >= 0.3 is 5.97 Å². The molecule has 2 N–H and O–H groups in total. The van der Waals surface area contributed by atoms with Crippen LogP contribution in [0.25, 0.3) is 0 Å². The first-order chi connectivity index (χ1) is 10.7. The third kappa shape index (κ3) is 3.83. The van der Waals surface area contributed by atoms with Crippen molar-refractivity contribution in [3.8, 4) is 0 Å². The predicted octanol–water partition coefficient (Wildman–Crippen LogP) is 3.96. The lowest BCUT2D eigenvalue weighted by Gasteiger charge is -2.15. The first kappa shape index (κ1) is 17.3. The monoisotopic (exact) mass is 353 g/mol. The van der Waals surface area contributed by atoms with E-state index in [1.54, 1.807) is 12.1 Å². The van der Waals surface area contributed by atoms with Gasteiger partial charge in [0.2, 0.25) is 0 Å². The summed E-state index contributed by atoms with van der Waals surface area (Å²) in [5.41, 5.74) is 1.06. The molecule has 2 aromatic carbocycles. The van der Waals surface area contributed by atoms with E-state index in [4.69, 9.17) is 16.7 Å². The normalized spacial score (nSPS) is 11.5. The SMILES string of the molecule is CC(C)c1ccccc1NS(=O)(=O)c1ccc(Cl)c(C(=O)O)c1. The third-order valence-corrected chi connectivity index (χ3v) is 5.00. The smallest absolute Gasteiger partial charge is 0.337 e. The van der Waals surface area contributed by atoms with Crippen LogP contribution in [-0.4, -0.2) is 19.5 Å². The van der Waals surface area contributed by atoms with Crippen molar-refractivity contribution in [1.29, 1.82) is 0 Å². The average Bonchev–Trinajstić information content (AvgIpc) is 2.47. The molecule has 2 aromatic rings. The number of para-hydroxylation sites is 1. The van der Waals surface area contributed by atoms with E-state index >= 15 is 0 Å². The van der Waals surface area contributed by atoms with Crippen molar-refractivity contribution in [3.63, 3.8) is 0 Å². The van der Waals surface area contributed by atoms with Crippen LogP contribution < -0.4 is 4.72 Å². The fourth-order valence-electron chi connectivity index (χ4n) is 2.13. The van der Waals surface area contributed by atoms with Crippen LogP contribution in [-0.2, 0) is 10.0 Å². The molecule has 0 radical (unpaired) electrons. The number of halogens is 1. The summed E-state index contributed by atoms with van der Waals surface area (Å²) in [5.74, 6) is -1.15. The summed E-state index contributed by atoms with van der Waals surface area (Å²) in [6, 6.07) is 10.6. The van der Waals surface area contributed by atoms with Gasteiger partial charge in [-0.05, 0) is 35.7 Å². The molecule has 0 fully saturated rings. The molecule has 23 heavy (non-hydrogen) atoms. The van der Waals surface area contributed by atoms with Gasteiger partial charge < -0.3 is 5.11 Å². The molecular formula is C16H16ClNO4S. The standard InChI is InChI=1S/C16H16ClNO4S/c1-10(2)12-5-3-4-6-15(12)18-23(21,22)11-7-8-14(17)13(9-11)16(19)20/h3-10,18H,1-2H3,(H,19,20). The van der Waals surface area contributed by atoms with Crippen molar-refractivity contribution in [2.24, 2.45) is 0 Å². The first-order valence-corrected chi connectivity index (χ1v) is 8.73. The molecule has 0 unspecified atom stereocenters. The van der Waals surface area contributed by atoms with Gasteiger partial charge in [0.25, 0.3) is 10.0 Å². The van der Waals surface area contributed by atoms with Crippen LogP contribution >= 0.6 is 11.6 Å². The Morgan fingerprint density at radius 3 is 2.43 bits per heavy atom. The summed E-state index contributed by atoms with van der Waals surface area (Å²) in [6.45, 7) is 3.91. The fourth-order valence-corrected chi connectivity index (χ4v) is 3.44. The van der Waals surface area contributed by atoms with Gasteiger partial charge in [-0.3, -0.25) is 4.72 Å². The van der Waals surface area contributed by atoms with E-state index < -0.39 is 16.0 Å². The van der Waals surface area contributed by atoms with Gasteiger partial charge in [-0.2, -0.15) is 0 Å². The van der Waals surface area contributed by atoms with Crippen molar-refractivity contribution in [1.82, 2.24) is 0 Å². The maximum absolute atomic E-state index is 12.5. The molecule has 0 heterocycles. The number of aromatic carboxylic acids is 1. The Morgan fingerprint density at radius 2 is 1.83 bits per heavy atom.